The van der Waals surface area contributed by atoms with Crippen molar-refractivity contribution >= 4 is 14.1 Å². The highest BCUT2D eigenvalue weighted by atomic mass is 28.4. The number of hydrogen-bond donors (Lipinski definition) is 0. The van der Waals surface area contributed by atoms with Crippen molar-refractivity contribution in [3.63, 3.8) is 0 Å². The largest absolute Gasteiger partial charge is 0.541 e. The van der Waals surface area contributed by atoms with Gasteiger partial charge in [-0.2, -0.15) is 0 Å². The van der Waals surface area contributed by atoms with E-state index in [1.807, 2.05) is 30.3 Å². The normalized spacial score (nSPS) is 18.7. The van der Waals surface area contributed by atoms with Crippen LogP contribution in [0.2, 0.25) is 18.1 Å². The maximum Gasteiger partial charge on any atom is 0.250 e. The number of methoxy groups -OCH3 is 1. The quantitative estimate of drug-likeness (QED) is 0.679. The van der Waals surface area contributed by atoms with Crippen LogP contribution in [0.5, 0.6) is 5.75 Å². The van der Waals surface area contributed by atoms with Crippen LogP contribution in [0.15, 0.2) is 36.1 Å². The summed E-state index contributed by atoms with van der Waals surface area (Å²) in [5.74, 6) is 1.42. The number of Topliss-reactive ketones (excluding diaryl/α,β-unsaturated/α-hetero) is 1. The fourth-order valence-electron chi connectivity index (χ4n) is 2.32. The van der Waals surface area contributed by atoms with Crippen molar-refractivity contribution in [2.24, 2.45) is 0 Å². The monoisotopic (exact) mass is 362 g/mol. The summed E-state index contributed by atoms with van der Waals surface area (Å²) in [6.07, 6.45) is 2.97. The van der Waals surface area contributed by atoms with Gasteiger partial charge in [-0.05, 0) is 48.3 Å². The van der Waals surface area contributed by atoms with Crippen LogP contribution in [0.1, 0.15) is 39.2 Å². The molecule has 0 fully saturated rings. The molecule has 1 unspecified atom stereocenters. The lowest BCUT2D eigenvalue weighted by molar-refractivity contribution is -0.119. The molecule has 1 aromatic rings. The van der Waals surface area contributed by atoms with Gasteiger partial charge in [-0.3, -0.25) is 4.79 Å². The summed E-state index contributed by atoms with van der Waals surface area (Å²) in [4.78, 5) is 12.2. The summed E-state index contributed by atoms with van der Waals surface area (Å²) in [6, 6.07) is 7.82. The second-order valence-electron chi connectivity index (χ2n) is 8.05. The zero-order valence-electron chi connectivity index (χ0n) is 16.2. The van der Waals surface area contributed by atoms with Crippen molar-refractivity contribution in [3.8, 4) is 5.75 Å². The Morgan fingerprint density at radius 1 is 1.16 bits per heavy atom. The van der Waals surface area contributed by atoms with Crippen LogP contribution < -0.4 is 4.74 Å². The van der Waals surface area contributed by atoms with E-state index in [-0.39, 0.29) is 16.9 Å². The summed E-state index contributed by atoms with van der Waals surface area (Å²) >= 11 is 0. The first kappa shape index (κ1) is 19.7. The van der Waals surface area contributed by atoms with Gasteiger partial charge in [0.15, 0.2) is 5.78 Å². The Hall–Kier alpha value is -1.59. The van der Waals surface area contributed by atoms with Gasteiger partial charge in [0.2, 0.25) is 0 Å². The van der Waals surface area contributed by atoms with E-state index >= 15 is 0 Å². The van der Waals surface area contributed by atoms with E-state index in [0.717, 1.165) is 11.3 Å². The van der Waals surface area contributed by atoms with E-state index < -0.39 is 8.32 Å². The Kier molecular flexibility index (Phi) is 6.11. The molecule has 25 heavy (non-hydrogen) atoms. The molecule has 0 bridgehead atoms. The molecule has 0 spiro atoms. The molecule has 0 radical (unpaired) electrons. The van der Waals surface area contributed by atoms with E-state index in [4.69, 9.17) is 13.9 Å². The van der Waals surface area contributed by atoms with E-state index in [9.17, 15) is 4.79 Å². The fraction of sp³-hybridized carbons (Fsp3) is 0.550. The number of ether oxygens (including phenoxy) is 2. The smallest absolute Gasteiger partial charge is 0.250 e. The lowest BCUT2D eigenvalue weighted by atomic mass is 10.0. The molecule has 0 saturated carbocycles. The Bertz CT molecular complexity index is 626. The number of hydrogen-bond acceptors (Lipinski definition) is 4. The van der Waals surface area contributed by atoms with Gasteiger partial charge in [-0.25, -0.2) is 0 Å². The highest BCUT2D eigenvalue weighted by molar-refractivity contribution is 6.74. The molecule has 1 aromatic carbocycles. The number of rotatable bonds is 6. The van der Waals surface area contributed by atoms with Crippen LogP contribution in [0.25, 0.3) is 0 Å². The van der Waals surface area contributed by atoms with Gasteiger partial charge in [0.05, 0.1) is 19.8 Å². The third-order valence-corrected chi connectivity index (χ3v) is 9.41. The minimum Gasteiger partial charge on any atom is -0.541 e. The summed E-state index contributed by atoms with van der Waals surface area (Å²) in [7, 11) is -0.368. The Morgan fingerprint density at radius 3 is 2.36 bits per heavy atom. The zero-order valence-corrected chi connectivity index (χ0v) is 17.2. The van der Waals surface area contributed by atoms with Gasteiger partial charge in [0.25, 0.3) is 8.32 Å². The van der Waals surface area contributed by atoms with Crippen molar-refractivity contribution in [1.82, 2.24) is 0 Å². The maximum absolute atomic E-state index is 12.2. The maximum atomic E-state index is 12.2. The van der Waals surface area contributed by atoms with E-state index in [1.54, 1.807) is 7.11 Å². The molecule has 0 aromatic heterocycles. The average Bonchev–Trinajstić information content (AvgIpc) is 2.55. The summed E-state index contributed by atoms with van der Waals surface area (Å²) in [6.45, 7) is 11.3. The highest BCUT2D eigenvalue weighted by Crippen LogP contribution is 2.38. The van der Waals surface area contributed by atoms with Gasteiger partial charge in [-0.15, -0.1) is 0 Å². The number of allylic oxidation sites excluding steroid dienone is 1. The third-order valence-electron chi connectivity index (χ3n) is 5.06. The summed E-state index contributed by atoms with van der Waals surface area (Å²) in [5.41, 5.74) is 1.08. The summed E-state index contributed by atoms with van der Waals surface area (Å²) in [5, 5.41) is 0.0605. The van der Waals surface area contributed by atoms with E-state index in [1.165, 1.54) is 0 Å². The SMILES string of the molecule is COc1ccc(COC2C=C(O[Si](C)(C)C(C)(C)C)C(=O)CC2)cc1. The Morgan fingerprint density at radius 2 is 1.80 bits per heavy atom. The highest BCUT2D eigenvalue weighted by Gasteiger charge is 2.41. The van der Waals surface area contributed by atoms with Crippen molar-refractivity contribution < 1.29 is 18.7 Å². The molecule has 0 N–H and O–H groups in total. The minimum absolute atomic E-state index is 0.0605. The molecule has 1 aliphatic rings. The number of benzene rings is 1. The molecule has 0 saturated heterocycles. The molecule has 1 aliphatic carbocycles. The molecule has 5 heteroatoms. The van der Waals surface area contributed by atoms with Crippen LogP contribution >= 0.6 is 0 Å². The lowest BCUT2D eigenvalue weighted by Crippen LogP contribution is -2.42. The van der Waals surface area contributed by atoms with Crippen LogP contribution in [-0.2, 0) is 20.6 Å². The fourth-order valence-corrected chi connectivity index (χ4v) is 3.35. The van der Waals surface area contributed by atoms with Gasteiger partial charge < -0.3 is 13.9 Å². The Labute approximate surface area is 152 Å². The van der Waals surface area contributed by atoms with Crippen molar-refractivity contribution in [2.75, 3.05) is 7.11 Å². The van der Waals surface area contributed by atoms with Crippen molar-refractivity contribution in [3.05, 3.63) is 41.7 Å². The number of carbonyl (C=O) groups is 1. The van der Waals surface area contributed by atoms with Crippen molar-refractivity contribution in [1.29, 1.82) is 0 Å². The van der Waals surface area contributed by atoms with Crippen LogP contribution in [0.4, 0.5) is 0 Å². The number of carbonyl (C=O) groups excluding carboxylic acids is 1. The van der Waals surface area contributed by atoms with Gasteiger partial charge in [-0.1, -0.05) is 32.9 Å². The van der Waals surface area contributed by atoms with Crippen LogP contribution in [-0.4, -0.2) is 27.3 Å². The zero-order chi connectivity index (χ0) is 18.7. The molecule has 0 aliphatic heterocycles. The molecule has 0 amide bonds. The Balaban J connectivity index is 2.01. The van der Waals surface area contributed by atoms with E-state index in [0.29, 0.717) is 25.2 Å². The topological polar surface area (TPSA) is 44.8 Å². The minimum atomic E-state index is -2.02. The third kappa shape index (κ3) is 5.19. The first-order chi connectivity index (χ1) is 11.6. The second-order valence-corrected chi connectivity index (χ2v) is 12.8. The molecular formula is C20H30O4Si. The molecule has 2 rings (SSSR count). The first-order valence-electron chi connectivity index (χ1n) is 8.81. The standard InChI is InChI=1S/C20H30O4Si/c1-20(2,3)25(5,6)24-19-13-17(11-12-18(19)21)23-14-15-7-9-16(22-4)10-8-15/h7-10,13,17H,11-12,14H2,1-6H3. The van der Waals surface area contributed by atoms with Crippen LogP contribution in [0, 0.1) is 0 Å². The molecule has 1 atom stereocenters. The van der Waals surface area contributed by atoms with Crippen molar-refractivity contribution in [2.45, 2.75) is 64.5 Å². The summed E-state index contributed by atoms with van der Waals surface area (Å²) < 4.78 is 17.4. The first-order valence-corrected chi connectivity index (χ1v) is 11.7. The average molecular weight is 363 g/mol. The van der Waals surface area contributed by atoms with Gasteiger partial charge in [0, 0.05) is 6.42 Å². The molecule has 4 nitrogen and oxygen atoms in total. The van der Waals surface area contributed by atoms with Crippen LogP contribution in [0.3, 0.4) is 0 Å². The second kappa shape index (κ2) is 7.75. The van der Waals surface area contributed by atoms with E-state index in [2.05, 4.69) is 33.9 Å². The predicted molar refractivity (Wildman–Crippen MR) is 102 cm³/mol. The van der Waals surface area contributed by atoms with Gasteiger partial charge in [0.1, 0.15) is 11.5 Å². The number of ketones is 1. The molecular weight excluding hydrogens is 332 g/mol. The lowest BCUT2D eigenvalue weighted by Gasteiger charge is -2.38. The predicted octanol–water partition coefficient (Wildman–Crippen LogP) is 4.85. The van der Waals surface area contributed by atoms with Gasteiger partial charge >= 0.3 is 0 Å². The molecule has 0 heterocycles. The molecule has 138 valence electrons.